The van der Waals surface area contributed by atoms with E-state index in [-0.39, 0.29) is 0 Å². The van der Waals surface area contributed by atoms with Gasteiger partial charge >= 0.3 is 0 Å². The van der Waals surface area contributed by atoms with Crippen LogP contribution in [-0.4, -0.2) is 53.9 Å². The zero-order chi connectivity index (χ0) is 17.5. The molecule has 5 heteroatoms. The van der Waals surface area contributed by atoms with Gasteiger partial charge in [-0.2, -0.15) is 0 Å². The van der Waals surface area contributed by atoms with E-state index < -0.39 is 0 Å². The molecule has 1 fully saturated rings. The van der Waals surface area contributed by atoms with Gasteiger partial charge in [0.2, 0.25) is 0 Å². The Hall–Kier alpha value is -2.11. The zero-order valence-electron chi connectivity index (χ0n) is 15.1. The van der Waals surface area contributed by atoms with Crippen molar-refractivity contribution in [2.75, 3.05) is 39.5 Å². The van der Waals surface area contributed by atoms with Crippen molar-refractivity contribution >= 4 is 5.70 Å². The third-order valence-electron chi connectivity index (χ3n) is 4.16. The summed E-state index contributed by atoms with van der Waals surface area (Å²) in [6, 6.07) is 8.22. The molecule has 2 aromatic rings. The average molecular weight is 341 g/mol. The van der Waals surface area contributed by atoms with Crippen molar-refractivity contribution in [1.82, 2.24) is 14.5 Å². The smallest absolute Gasteiger partial charge is 0.128 e. The van der Waals surface area contributed by atoms with Crippen LogP contribution in [0.4, 0.5) is 0 Å². The predicted molar refractivity (Wildman–Crippen MR) is 99.6 cm³/mol. The van der Waals surface area contributed by atoms with E-state index >= 15 is 0 Å². The van der Waals surface area contributed by atoms with Gasteiger partial charge in [-0.3, -0.25) is 4.90 Å². The first-order valence-corrected chi connectivity index (χ1v) is 8.95. The van der Waals surface area contributed by atoms with E-state index in [4.69, 9.17) is 9.47 Å². The Morgan fingerprint density at radius 1 is 1.28 bits per heavy atom. The van der Waals surface area contributed by atoms with Gasteiger partial charge in [0.25, 0.3) is 0 Å². The maximum absolute atomic E-state index is 6.06. The fourth-order valence-corrected chi connectivity index (χ4v) is 2.82. The summed E-state index contributed by atoms with van der Waals surface area (Å²) in [7, 11) is 0. The third-order valence-corrected chi connectivity index (χ3v) is 4.16. The molecule has 0 bridgehead atoms. The number of hydrogen-bond acceptors (Lipinski definition) is 4. The third kappa shape index (κ3) is 4.94. The van der Waals surface area contributed by atoms with Gasteiger partial charge in [0.05, 0.1) is 31.8 Å². The molecule has 0 atom stereocenters. The van der Waals surface area contributed by atoms with Gasteiger partial charge in [0, 0.05) is 37.6 Å². The van der Waals surface area contributed by atoms with Crippen LogP contribution in [0, 0.1) is 5.92 Å². The molecule has 1 aromatic heterocycles. The summed E-state index contributed by atoms with van der Waals surface area (Å²) in [5.41, 5.74) is 2.19. The summed E-state index contributed by atoms with van der Waals surface area (Å²) >= 11 is 0. The largest absolute Gasteiger partial charge is 0.493 e. The second kappa shape index (κ2) is 8.83. The van der Waals surface area contributed by atoms with E-state index in [0.717, 1.165) is 49.9 Å². The molecule has 0 aliphatic carbocycles. The number of rotatable bonds is 7. The Morgan fingerprint density at radius 3 is 2.80 bits per heavy atom. The first-order chi connectivity index (χ1) is 12.2. The summed E-state index contributed by atoms with van der Waals surface area (Å²) in [6.45, 7) is 9.47. The monoisotopic (exact) mass is 341 g/mol. The molecule has 3 rings (SSSR count). The molecule has 5 nitrogen and oxygen atoms in total. The van der Waals surface area contributed by atoms with E-state index in [2.05, 4.69) is 46.5 Å². The molecule has 0 N–H and O–H groups in total. The van der Waals surface area contributed by atoms with E-state index in [9.17, 15) is 0 Å². The molecule has 0 saturated carbocycles. The van der Waals surface area contributed by atoms with Crippen LogP contribution >= 0.6 is 0 Å². The van der Waals surface area contributed by atoms with E-state index in [1.165, 1.54) is 0 Å². The Labute approximate surface area is 149 Å². The Bertz CT molecular complexity index is 674. The highest BCUT2D eigenvalue weighted by atomic mass is 16.5. The maximum Gasteiger partial charge on any atom is 0.128 e. The van der Waals surface area contributed by atoms with Gasteiger partial charge in [0.15, 0.2) is 0 Å². The second-order valence-corrected chi connectivity index (χ2v) is 6.67. The number of nitrogens with zero attached hydrogens (tertiary/aromatic N) is 3. The highest BCUT2D eigenvalue weighted by molar-refractivity contribution is 5.70. The van der Waals surface area contributed by atoms with Crippen molar-refractivity contribution in [3.63, 3.8) is 0 Å². The van der Waals surface area contributed by atoms with Gasteiger partial charge in [-0.25, -0.2) is 4.98 Å². The second-order valence-electron chi connectivity index (χ2n) is 6.67. The Kier molecular flexibility index (Phi) is 6.25. The Balaban J connectivity index is 1.87. The topological polar surface area (TPSA) is 39.5 Å². The zero-order valence-corrected chi connectivity index (χ0v) is 15.1. The van der Waals surface area contributed by atoms with Crippen LogP contribution < -0.4 is 4.74 Å². The van der Waals surface area contributed by atoms with Crippen LogP contribution in [0.5, 0.6) is 5.75 Å². The average Bonchev–Trinajstić information content (AvgIpc) is 3.16. The first-order valence-electron chi connectivity index (χ1n) is 8.95. The standard InChI is InChI=1S/C20H27N3O2/c1-17(2)15-25-20-6-4-3-5-18(20)19(23-10-8-21-16-23)7-9-22-11-13-24-14-12-22/h3-8,10,16-17H,9,11-15H2,1-2H3/b19-7+. The summed E-state index contributed by atoms with van der Waals surface area (Å²) in [5, 5.41) is 0. The molecule has 2 heterocycles. The van der Waals surface area contributed by atoms with E-state index in [1.807, 2.05) is 24.7 Å². The molecule has 0 radical (unpaired) electrons. The Morgan fingerprint density at radius 2 is 2.08 bits per heavy atom. The van der Waals surface area contributed by atoms with Crippen molar-refractivity contribution < 1.29 is 9.47 Å². The molecule has 1 aliphatic heterocycles. The minimum absolute atomic E-state index is 0.488. The SMILES string of the molecule is CC(C)COc1ccccc1/C(=C\CN1CCOCC1)n1ccnc1. The summed E-state index contributed by atoms with van der Waals surface area (Å²) in [4.78, 5) is 6.62. The van der Waals surface area contributed by atoms with Gasteiger partial charge in [-0.15, -0.1) is 0 Å². The number of aromatic nitrogens is 2. The van der Waals surface area contributed by atoms with Crippen molar-refractivity contribution in [3.05, 3.63) is 54.6 Å². The number of imidazole rings is 1. The molecule has 0 spiro atoms. The number of para-hydroxylation sites is 1. The highest BCUT2D eigenvalue weighted by Gasteiger charge is 2.13. The predicted octanol–water partition coefficient (Wildman–Crippen LogP) is 3.14. The molecular weight excluding hydrogens is 314 g/mol. The van der Waals surface area contributed by atoms with Gasteiger partial charge in [0.1, 0.15) is 5.75 Å². The van der Waals surface area contributed by atoms with Crippen LogP contribution in [-0.2, 0) is 4.74 Å². The first kappa shape index (κ1) is 17.7. The molecule has 0 amide bonds. The van der Waals surface area contributed by atoms with E-state index in [0.29, 0.717) is 12.5 Å². The minimum atomic E-state index is 0.488. The number of benzene rings is 1. The van der Waals surface area contributed by atoms with E-state index in [1.54, 1.807) is 6.20 Å². The normalized spacial score (nSPS) is 16.4. The molecule has 1 saturated heterocycles. The molecule has 25 heavy (non-hydrogen) atoms. The van der Waals surface area contributed by atoms with Crippen LogP contribution in [0.1, 0.15) is 19.4 Å². The highest BCUT2D eigenvalue weighted by Crippen LogP contribution is 2.27. The summed E-state index contributed by atoms with van der Waals surface area (Å²) in [5.74, 6) is 1.40. The molecular formula is C20H27N3O2. The van der Waals surface area contributed by atoms with Crippen molar-refractivity contribution in [2.24, 2.45) is 5.92 Å². The minimum Gasteiger partial charge on any atom is -0.493 e. The molecule has 134 valence electrons. The van der Waals surface area contributed by atoms with Gasteiger partial charge in [-0.1, -0.05) is 26.0 Å². The fourth-order valence-electron chi connectivity index (χ4n) is 2.82. The van der Waals surface area contributed by atoms with Gasteiger partial charge in [-0.05, 0) is 24.1 Å². The fraction of sp³-hybridized carbons (Fsp3) is 0.450. The van der Waals surface area contributed by atoms with Crippen molar-refractivity contribution in [1.29, 1.82) is 0 Å². The van der Waals surface area contributed by atoms with Crippen LogP contribution in [0.3, 0.4) is 0 Å². The van der Waals surface area contributed by atoms with Crippen LogP contribution in [0.25, 0.3) is 5.70 Å². The number of hydrogen-bond donors (Lipinski definition) is 0. The summed E-state index contributed by atoms with van der Waals surface area (Å²) in [6.07, 6.45) is 7.87. The van der Waals surface area contributed by atoms with Crippen molar-refractivity contribution in [2.45, 2.75) is 13.8 Å². The van der Waals surface area contributed by atoms with Gasteiger partial charge < -0.3 is 14.0 Å². The molecule has 1 aromatic carbocycles. The van der Waals surface area contributed by atoms with Crippen molar-refractivity contribution in [3.8, 4) is 5.75 Å². The lowest BCUT2D eigenvalue weighted by molar-refractivity contribution is 0.0434. The molecule has 0 unspecified atom stereocenters. The number of morpholine rings is 1. The quantitative estimate of drug-likeness (QED) is 0.776. The van der Waals surface area contributed by atoms with Crippen LogP contribution in [0.2, 0.25) is 0 Å². The number of ether oxygens (including phenoxy) is 2. The lowest BCUT2D eigenvalue weighted by atomic mass is 10.1. The van der Waals surface area contributed by atoms with Crippen LogP contribution in [0.15, 0.2) is 49.1 Å². The maximum atomic E-state index is 6.06. The summed E-state index contributed by atoms with van der Waals surface area (Å²) < 4.78 is 13.6. The lowest BCUT2D eigenvalue weighted by Gasteiger charge is -2.26. The molecule has 1 aliphatic rings. The lowest BCUT2D eigenvalue weighted by Crippen LogP contribution is -2.36.